The van der Waals surface area contributed by atoms with Gasteiger partial charge < -0.3 is 4.90 Å². The third kappa shape index (κ3) is 3.08. The van der Waals surface area contributed by atoms with Gasteiger partial charge in [-0.2, -0.15) is 0 Å². The van der Waals surface area contributed by atoms with E-state index in [1.165, 1.54) is 68.8 Å². The second kappa shape index (κ2) is 6.35. The summed E-state index contributed by atoms with van der Waals surface area (Å²) in [5, 5.41) is 0. The number of nitrogens with zero attached hydrogens (tertiary/aromatic N) is 3. The number of hydrogen-bond donors (Lipinski definition) is 0. The second-order valence-corrected chi connectivity index (χ2v) is 6.88. The van der Waals surface area contributed by atoms with E-state index in [0.717, 1.165) is 0 Å². The number of rotatable bonds is 3. The molecule has 0 spiro atoms. The van der Waals surface area contributed by atoms with Crippen LogP contribution in [-0.4, -0.2) is 35.6 Å². The van der Waals surface area contributed by atoms with Crippen LogP contribution in [0.5, 0.6) is 0 Å². The van der Waals surface area contributed by atoms with E-state index in [1.54, 1.807) is 0 Å². The largest absolute Gasteiger partial charge is 0.357 e. The second-order valence-electron chi connectivity index (χ2n) is 6.88. The third-order valence-corrected chi connectivity index (χ3v) is 5.11. The summed E-state index contributed by atoms with van der Waals surface area (Å²) in [6.45, 7) is 10.4. The fourth-order valence-electron chi connectivity index (χ4n) is 3.94. The molecule has 21 heavy (non-hydrogen) atoms. The summed E-state index contributed by atoms with van der Waals surface area (Å²) in [6, 6.07) is 5.79. The molecule has 0 amide bonds. The zero-order chi connectivity index (χ0) is 14.8. The molecular formula is C18H29N3. The molecule has 0 N–H and O–H groups in total. The van der Waals surface area contributed by atoms with E-state index < -0.39 is 0 Å². The van der Waals surface area contributed by atoms with Crippen molar-refractivity contribution in [1.29, 1.82) is 0 Å². The molecule has 0 bridgehead atoms. The molecular weight excluding hydrogens is 258 g/mol. The lowest BCUT2D eigenvalue weighted by Gasteiger charge is -2.39. The van der Waals surface area contributed by atoms with E-state index in [1.807, 2.05) is 0 Å². The van der Waals surface area contributed by atoms with Gasteiger partial charge in [-0.3, -0.25) is 4.90 Å². The van der Waals surface area contributed by atoms with Gasteiger partial charge in [0.05, 0.1) is 0 Å². The highest BCUT2D eigenvalue weighted by Crippen LogP contribution is 2.34. The van der Waals surface area contributed by atoms with Gasteiger partial charge in [-0.25, -0.2) is 4.98 Å². The molecule has 3 nitrogen and oxygen atoms in total. The van der Waals surface area contributed by atoms with Crippen molar-refractivity contribution in [3.8, 4) is 0 Å². The molecule has 1 aromatic rings. The molecule has 3 heterocycles. The monoisotopic (exact) mass is 287 g/mol. The van der Waals surface area contributed by atoms with Crippen LogP contribution >= 0.6 is 0 Å². The predicted molar refractivity (Wildman–Crippen MR) is 88.9 cm³/mol. The number of likely N-dealkylation sites (tertiary alicyclic amines) is 1. The van der Waals surface area contributed by atoms with Gasteiger partial charge in [0.15, 0.2) is 0 Å². The number of aromatic nitrogens is 1. The predicted octanol–water partition coefficient (Wildman–Crippen LogP) is 3.93. The quantitative estimate of drug-likeness (QED) is 0.840. The van der Waals surface area contributed by atoms with Gasteiger partial charge in [0.2, 0.25) is 0 Å². The Balaban J connectivity index is 1.84. The maximum absolute atomic E-state index is 4.92. The Morgan fingerprint density at radius 3 is 2.43 bits per heavy atom. The van der Waals surface area contributed by atoms with Crippen LogP contribution < -0.4 is 4.90 Å². The first-order valence-electron chi connectivity index (χ1n) is 8.65. The molecule has 0 radical (unpaired) electrons. The van der Waals surface area contributed by atoms with Crippen LogP contribution in [-0.2, 0) is 0 Å². The van der Waals surface area contributed by atoms with Crippen molar-refractivity contribution in [2.75, 3.05) is 24.5 Å². The Morgan fingerprint density at radius 1 is 1.05 bits per heavy atom. The first-order valence-corrected chi connectivity index (χ1v) is 8.65. The van der Waals surface area contributed by atoms with E-state index in [9.17, 15) is 0 Å². The Morgan fingerprint density at radius 2 is 1.76 bits per heavy atom. The van der Waals surface area contributed by atoms with Gasteiger partial charge in [-0.1, -0.05) is 12.5 Å². The van der Waals surface area contributed by atoms with Crippen LogP contribution in [0, 0.1) is 6.92 Å². The van der Waals surface area contributed by atoms with Crippen molar-refractivity contribution in [2.24, 2.45) is 0 Å². The van der Waals surface area contributed by atoms with Crippen molar-refractivity contribution in [3.63, 3.8) is 0 Å². The minimum absolute atomic E-state index is 0.568. The van der Waals surface area contributed by atoms with Gasteiger partial charge in [0.25, 0.3) is 0 Å². The normalized spacial score (nSPS) is 24.0. The molecule has 0 unspecified atom stereocenters. The molecule has 3 heteroatoms. The van der Waals surface area contributed by atoms with Gasteiger partial charge in [-0.05, 0) is 64.6 Å². The first kappa shape index (κ1) is 14.8. The summed E-state index contributed by atoms with van der Waals surface area (Å²) in [4.78, 5) is 10.0. The van der Waals surface area contributed by atoms with Crippen molar-refractivity contribution < 1.29 is 0 Å². The van der Waals surface area contributed by atoms with Crippen LogP contribution in [0.25, 0.3) is 0 Å². The molecule has 2 fully saturated rings. The van der Waals surface area contributed by atoms with E-state index in [4.69, 9.17) is 4.98 Å². The average molecular weight is 287 g/mol. The van der Waals surface area contributed by atoms with Crippen molar-refractivity contribution in [2.45, 2.75) is 65.0 Å². The fraction of sp³-hybridized carbons (Fsp3) is 0.722. The van der Waals surface area contributed by atoms with E-state index >= 15 is 0 Å². The molecule has 1 atom stereocenters. The summed E-state index contributed by atoms with van der Waals surface area (Å²) < 4.78 is 0. The summed E-state index contributed by atoms with van der Waals surface area (Å²) >= 11 is 0. The molecule has 1 aromatic heterocycles. The highest BCUT2D eigenvalue weighted by atomic mass is 15.2. The molecule has 2 saturated heterocycles. The van der Waals surface area contributed by atoms with Crippen molar-refractivity contribution in [3.05, 3.63) is 23.4 Å². The molecule has 2 aliphatic heterocycles. The van der Waals surface area contributed by atoms with Crippen LogP contribution in [0.15, 0.2) is 12.1 Å². The zero-order valence-electron chi connectivity index (χ0n) is 13.8. The van der Waals surface area contributed by atoms with E-state index in [-0.39, 0.29) is 0 Å². The SMILES string of the molecule is Cc1nc(N2CCCC2)ccc1[C@@H]1CCCCN1C(C)C. The maximum atomic E-state index is 4.92. The Labute approximate surface area is 129 Å². The Bertz CT molecular complexity index is 477. The minimum Gasteiger partial charge on any atom is -0.357 e. The third-order valence-electron chi connectivity index (χ3n) is 5.11. The lowest BCUT2D eigenvalue weighted by atomic mass is 9.93. The van der Waals surface area contributed by atoms with Gasteiger partial charge in [-0.15, -0.1) is 0 Å². The maximum Gasteiger partial charge on any atom is 0.128 e. The van der Waals surface area contributed by atoms with E-state index in [0.29, 0.717) is 12.1 Å². The number of piperidine rings is 1. The standard InChI is InChI=1S/C18H29N3/c1-14(2)21-13-5-4-8-17(21)16-9-10-18(19-15(16)3)20-11-6-7-12-20/h9-10,14,17H,4-8,11-13H2,1-3H3/t17-/m0/s1. The van der Waals surface area contributed by atoms with Crippen LogP contribution in [0.4, 0.5) is 5.82 Å². The number of anilines is 1. The molecule has 116 valence electrons. The number of aryl methyl sites for hydroxylation is 1. The Hall–Kier alpha value is -1.09. The summed E-state index contributed by atoms with van der Waals surface area (Å²) in [7, 11) is 0. The highest BCUT2D eigenvalue weighted by molar-refractivity contribution is 5.43. The Kier molecular flexibility index (Phi) is 4.48. The number of hydrogen-bond acceptors (Lipinski definition) is 3. The molecule has 0 saturated carbocycles. The minimum atomic E-state index is 0.568. The highest BCUT2D eigenvalue weighted by Gasteiger charge is 2.27. The smallest absolute Gasteiger partial charge is 0.128 e. The van der Waals surface area contributed by atoms with Crippen LogP contribution in [0.2, 0.25) is 0 Å². The summed E-state index contributed by atoms with van der Waals surface area (Å²) in [5.41, 5.74) is 2.68. The molecule has 0 aromatic carbocycles. The van der Waals surface area contributed by atoms with Gasteiger partial charge >= 0.3 is 0 Å². The van der Waals surface area contributed by atoms with Crippen molar-refractivity contribution >= 4 is 5.82 Å². The average Bonchev–Trinajstić information content (AvgIpc) is 3.01. The topological polar surface area (TPSA) is 19.4 Å². The van der Waals surface area contributed by atoms with E-state index in [2.05, 4.69) is 42.7 Å². The molecule has 0 aliphatic carbocycles. The zero-order valence-corrected chi connectivity index (χ0v) is 13.8. The molecule has 3 rings (SSSR count). The van der Waals surface area contributed by atoms with Crippen LogP contribution in [0.3, 0.4) is 0 Å². The van der Waals surface area contributed by atoms with Gasteiger partial charge in [0, 0.05) is 30.9 Å². The van der Waals surface area contributed by atoms with Gasteiger partial charge in [0.1, 0.15) is 5.82 Å². The number of pyridine rings is 1. The lowest BCUT2D eigenvalue weighted by molar-refractivity contribution is 0.111. The summed E-state index contributed by atoms with van der Waals surface area (Å²) in [6.07, 6.45) is 6.59. The summed E-state index contributed by atoms with van der Waals surface area (Å²) in [5.74, 6) is 1.18. The van der Waals surface area contributed by atoms with Crippen molar-refractivity contribution in [1.82, 2.24) is 9.88 Å². The fourth-order valence-corrected chi connectivity index (χ4v) is 3.94. The van der Waals surface area contributed by atoms with Crippen LogP contribution in [0.1, 0.15) is 63.3 Å². The first-order chi connectivity index (χ1) is 10.2. The molecule has 2 aliphatic rings. The lowest BCUT2D eigenvalue weighted by Crippen LogP contribution is -2.38.